The highest BCUT2D eigenvalue weighted by molar-refractivity contribution is 5.79. The van der Waals surface area contributed by atoms with E-state index in [0.29, 0.717) is 6.42 Å². The van der Waals surface area contributed by atoms with E-state index in [2.05, 4.69) is 11.4 Å². The van der Waals surface area contributed by atoms with E-state index < -0.39 is 0 Å². The summed E-state index contributed by atoms with van der Waals surface area (Å²) < 4.78 is 13.0. The Morgan fingerprint density at radius 2 is 2.04 bits per heavy atom. The summed E-state index contributed by atoms with van der Waals surface area (Å²) in [6.45, 7) is 1.59. The van der Waals surface area contributed by atoms with Crippen LogP contribution >= 0.6 is 0 Å². The molecule has 0 bridgehead atoms. The van der Waals surface area contributed by atoms with Gasteiger partial charge in [0, 0.05) is 31.2 Å². The number of nitrogens with one attached hydrogen (secondary N) is 1. The summed E-state index contributed by atoms with van der Waals surface area (Å²) in [4.78, 5) is 14.5. The first-order valence-corrected chi connectivity index (χ1v) is 8.68. The summed E-state index contributed by atoms with van der Waals surface area (Å²) in [6, 6.07) is 6.68. The first-order valence-electron chi connectivity index (χ1n) is 8.68. The number of nitrogens with zero attached hydrogens (tertiary/aromatic N) is 1. The molecule has 1 aliphatic heterocycles. The summed E-state index contributed by atoms with van der Waals surface area (Å²) in [6.07, 6.45) is 9.57. The second kappa shape index (κ2) is 7.62. The highest BCUT2D eigenvalue weighted by Crippen LogP contribution is 2.22. The van der Waals surface area contributed by atoms with Crippen molar-refractivity contribution < 1.29 is 9.18 Å². The van der Waals surface area contributed by atoms with Gasteiger partial charge in [-0.1, -0.05) is 11.6 Å². The van der Waals surface area contributed by atoms with Crippen LogP contribution in [0.2, 0.25) is 0 Å². The number of allylic oxidation sites excluding steroid dienone is 1. The van der Waals surface area contributed by atoms with Crippen molar-refractivity contribution in [1.29, 1.82) is 0 Å². The minimum atomic E-state index is -0.225. The molecule has 23 heavy (non-hydrogen) atoms. The third kappa shape index (κ3) is 4.57. The fourth-order valence-electron chi connectivity index (χ4n) is 3.47. The molecule has 0 unspecified atom stereocenters. The smallest absolute Gasteiger partial charge is 0.226 e. The third-order valence-corrected chi connectivity index (χ3v) is 4.75. The van der Waals surface area contributed by atoms with Gasteiger partial charge in [0.15, 0.2) is 0 Å². The Hall–Kier alpha value is -1.84. The van der Waals surface area contributed by atoms with E-state index in [0.717, 1.165) is 44.5 Å². The molecule has 3 nitrogen and oxygen atoms in total. The zero-order valence-corrected chi connectivity index (χ0v) is 13.6. The van der Waals surface area contributed by atoms with Crippen molar-refractivity contribution in [2.75, 3.05) is 18.4 Å². The minimum absolute atomic E-state index is 0.225. The molecule has 0 radical (unpaired) electrons. The predicted molar refractivity (Wildman–Crippen MR) is 90.8 cm³/mol. The monoisotopic (exact) mass is 316 g/mol. The molecule has 3 rings (SSSR count). The van der Waals surface area contributed by atoms with E-state index in [-0.39, 0.29) is 17.8 Å². The Morgan fingerprint density at radius 1 is 1.22 bits per heavy atom. The number of halogens is 1. The van der Waals surface area contributed by atoms with E-state index >= 15 is 0 Å². The van der Waals surface area contributed by atoms with Crippen molar-refractivity contribution in [3.8, 4) is 0 Å². The number of anilines is 1. The summed E-state index contributed by atoms with van der Waals surface area (Å²) in [5, 5.41) is 3.42. The minimum Gasteiger partial charge on any atom is -0.381 e. The molecule has 1 aliphatic carbocycles. The number of amides is 1. The predicted octanol–water partition coefficient (Wildman–Crippen LogP) is 4.12. The average molecular weight is 316 g/mol. The van der Waals surface area contributed by atoms with Crippen LogP contribution in [0, 0.1) is 5.82 Å². The molecular weight excluding hydrogens is 291 g/mol. The number of piperidine rings is 1. The summed E-state index contributed by atoms with van der Waals surface area (Å²) >= 11 is 0. The van der Waals surface area contributed by atoms with Crippen molar-refractivity contribution in [3.63, 3.8) is 0 Å². The van der Waals surface area contributed by atoms with Crippen LogP contribution < -0.4 is 5.32 Å². The van der Waals surface area contributed by atoms with E-state index in [1.165, 1.54) is 30.5 Å². The lowest BCUT2D eigenvalue weighted by Gasteiger charge is -2.34. The number of likely N-dealkylation sites (tertiary alicyclic amines) is 1. The third-order valence-electron chi connectivity index (χ3n) is 4.75. The number of hydrogen-bond donors (Lipinski definition) is 1. The van der Waals surface area contributed by atoms with Crippen LogP contribution in [0.5, 0.6) is 0 Å². The number of hydrogen-bond acceptors (Lipinski definition) is 2. The van der Waals surface area contributed by atoms with Gasteiger partial charge in [-0.2, -0.15) is 0 Å². The van der Waals surface area contributed by atoms with Crippen LogP contribution in [-0.2, 0) is 4.79 Å². The van der Waals surface area contributed by atoms with Crippen LogP contribution in [0.25, 0.3) is 0 Å². The molecule has 0 saturated carbocycles. The van der Waals surface area contributed by atoms with Crippen LogP contribution in [-0.4, -0.2) is 29.9 Å². The van der Waals surface area contributed by atoms with Crippen molar-refractivity contribution >= 4 is 11.6 Å². The van der Waals surface area contributed by atoms with Crippen LogP contribution in [0.15, 0.2) is 35.9 Å². The lowest BCUT2D eigenvalue weighted by molar-refractivity contribution is -0.131. The first-order chi connectivity index (χ1) is 11.2. The Bertz CT molecular complexity index is 567. The fourth-order valence-corrected chi connectivity index (χ4v) is 3.47. The van der Waals surface area contributed by atoms with Gasteiger partial charge in [0.2, 0.25) is 5.91 Å². The first kappa shape index (κ1) is 16.0. The van der Waals surface area contributed by atoms with Crippen molar-refractivity contribution in [3.05, 3.63) is 41.7 Å². The average Bonchev–Trinajstić information content (AvgIpc) is 2.58. The molecule has 1 aromatic rings. The standard InChI is InChI=1S/C19H25FN2O/c20-16-8-10-17(11-9-16)21-18-7-4-12-22(14-18)19(23)13-15-5-2-1-3-6-15/h5,8-11,18,21H,1-4,6-7,12-14H2/t18-/m1/s1. The molecule has 0 aromatic heterocycles. The maximum absolute atomic E-state index is 13.0. The second-order valence-electron chi connectivity index (χ2n) is 6.62. The normalized spacial score (nSPS) is 21.7. The SMILES string of the molecule is O=C(CC1=CCCCC1)N1CCC[C@@H](Nc2ccc(F)cc2)C1. The lowest BCUT2D eigenvalue weighted by Crippen LogP contribution is -2.45. The fraction of sp³-hybridized carbons (Fsp3) is 0.526. The van der Waals surface area contributed by atoms with Crippen molar-refractivity contribution in [1.82, 2.24) is 4.90 Å². The Kier molecular flexibility index (Phi) is 5.31. The maximum Gasteiger partial charge on any atom is 0.226 e. The van der Waals surface area contributed by atoms with Crippen molar-refractivity contribution in [2.24, 2.45) is 0 Å². The largest absolute Gasteiger partial charge is 0.381 e. The van der Waals surface area contributed by atoms with Crippen LogP contribution in [0.3, 0.4) is 0 Å². The van der Waals surface area contributed by atoms with Gasteiger partial charge in [-0.05, 0) is 62.8 Å². The summed E-state index contributed by atoms with van der Waals surface area (Å²) in [7, 11) is 0. The number of carbonyl (C=O) groups excluding carboxylic acids is 1. The maximum atomic E-state index is 13.0. The van der Waals surface area contributed by atoms with Crippen LogP contribution in [0.1, 0.15) is 44.9 Å². The lowest BCUT2D eigenvalue weighted by atomic mass is 9.96. The van der Waals surface area contributed by atoms with Gasteiger partial charge in [0.1, 0.15) is 5.82 Å². The number of benzene rings is 1. The molecule has 0 spiro atoms. The molecule has 1 fully saturated rings. The molecule has 1 heterocycles. The Balaban J connectivity index is 1.53. The topological polar surface area (TPSA) is 32.3 Å². The number of carbonyl (C=O) groups is 1. The Morgan fingerprint density at radius 3 is 2.78 bits per heavy atom. The highest BCUT2D eigenvalue weighted by Gasteiger charge is 2.24. The van der Waals surface area contributed by atoms with E-state index in [1.54, 1.807) is 12.1 Å². The highest BCUT2D eigenvalue weighted by atomic mass is 19.1. The van der Waals surface area contributed by atoms with Gasteiger partial charge in [-0.15, -0.1) is 0 Å². The number of rotatable bonds is 4. The molecular formula is C19H25FN2O. The van der Waals surface area contributed by atoms with Crippen molar-refractivity contribution in [2.45, 2.75) is 51.0 Å². The van der Waals surface area contributed by atoms with E-state index in [4.69, 9.17) is 0 Å². The molecule has 1 atom stereocenters. The molecule has 2 aliphatic rings. The molecule has 1 aromatic carbocycles. The van der Waals surface area contributed by atoms with Gasteiger partial charge in [-0.3, -0.25) is 4.79 Å². The second-order valence-corrected chi connectivity index (χ2v) is 6.62. The Labute approximate surface area is 137 Å². The molecule has 124 valence electrons. The zero-order valence-electron chi connectivity index (χ0n) is 13.6. The summed E-state index contributed by atoms with van der Waals surface area (Å²) in [5.41, 5.74) is 2.23. The molecule has 4 heteroatoms. The quantitative estimate of drug-likeness (QED) is 0.848. The van der Waals surface area contributed by atoms with Gasteiger partial charge < -0.3 is 10.2 Å². The molecule has 1 saturated heterocycles. The molecule has 1 amide bonds. The van der Waals surface area contributed by atoms with E-state index in [1.807, 2.05) is 4.90 Å². The van der Waals surface area contributed by atoms with Gasteiger partial charge >= 0.3 is 0 Å². The van der Waals surface area contributed by atoms with Crippen LogP contribution in [0.4, 0.5) is 10.1 Å². The molecule has 1 N–H and O–H groups in total. The van der Waals surface area contributed by atoms with Gasteiger partial charge in [-0.25, -0.2) is 4.39 Å². The van der Waals surface area contributed by atoms with E-state index in [9.17, 15) is 9.18 Å². The van der Waals surface area contributed by atoms with Gasteiger partial charge in [0.25, 0.3) is 0 Å². The summed E-state index contributed by atoms with van der Waals surface area (Å²) in [5.74, 6) is 0.0283. The van der Waals surface area contributed by atoms with Gasteiger partial charge in [0.05, 0.1) is 0 Å². The zero-order chi connectivity index (χ0) is 16.1.